The zero-order valence-corrected chi connectivity index (χ0v) is 22.4. The Morgan fingerprint density at radius 3 is 2.41 bits per heavy atom. The van der Waals surface area contributed by atoms with Gasteiger partial charge in [0, 0.05) is 19.8 Å². The second-order valence-electron chi connectivity index (χ2n) is 13.3. The van der Waals surface area contributed by atoms with Crippen molar-refractivity contribution in [3.05, 3.63) is 21.6 Å². The SMILES string of the molecule is CC(=O)OC1=C([N+](=O)[O-])C[C@@]2(C)[C@H](CC[C@@H]3[C@@H]2CC[C@]2(C)[C@@H]([C@@H](C)CCCC(C)C)CC[C@@H]32)C1. The number of carbonyl (C=O) groups is 1. The molecule has 0 spiro atoms. The van der Waals surface area contributed by atoms with Crippen molar-refractivity contribution in [1.29, 1.82) is 0 Å². The first kappa shape index (κ1) is 25.7. The summed E-state index contributed by atoms with van der Waals surface area (Å²) in [7, 11) is 0. The standard InChI is InChI=1S/C29H47NO4/c1-18(2)8-7-9-19(3)23-12-13-24-22-11-10-21-16-27(34-20(4)31)26(30(32)33)17-29(21,6)25(22)14-15-28(23,24)5/h18-19,21-25H,7-17H2,1-6H3/t19-,21+,22-,23+,24-,25-,28+,29-/m0/s1. The minimum atomic E-state index is -0.445. The third-order valence-electron chi connectivity index (χ3n) is 11.1. The molecule has 0 N–H and O–H groups in total. The van der Waals surface area contributed by atoms with Crippen LogP contribution in [-0.4, -0.2) is 10.9 Å². The van der Waals surface area contributed by atoms with Crippen molar-refractivity contribution in [2.24, 2.45) is 52.3 Å². The van der Waals surface area contributed by atoms with Crippen LogP contribution in [0, 0.1) is 62.4 Å². The van der Waals surface area contributed by atoms with Crippen molar-refractivity contribution in [1.82, 2.24) is 0 Å². The van der Waals surface area contributed by atoms with Crippen LogP contribution < -0.4 is 0 Å². The lowest BCUT2D eigenvalue weighted by atomic mass is 9.44. The van der Waals surface area contributed by atoms with Gasteiger partial charge < -0.3 is 4.74 Å². The average molecular weight is 474 g/mol. The first-order valence-corrected chi connectivity index (χ1v) is 14.0. The molecule has 192 valence electrons. The average Bonchev–Trinajstić information content (AvgIpc) is 3.10. The molecular formula is C29H47NO4. The molecule has 5 heteroatoms. The normalized spacial score (nSPS) is 40.4. The fourth-order valence-electron chi connectivity index (χ4n) is 9.41. The van der Waals surface area contributed by atoms with Gasteiger partial charge in [0.25, 0.3) is 5.70 Å². The molecule has 5 nitrogen and oxygen atoms in total. The van der Waals surface area contributed by atoms with Crippen LogP contribution in [0.1, 0.15) is 112 Å². The Balaban J connectivity index is 1.53. The van der Waals surface area contributed by atoms with E-state index in [0.29, 0.717) is 41.8 Å². The van der Waals surface area contributed by atoms with Crippen molar-refractivity contribution in [3.63, 3.8) is 0 Å². The summed E-state index contributed by atoms with van der Waals surface area (Å²) in [6.07, 6.45) is 12.6. The molecule has 0 aromatic rings. The molecule has 0 aromatic heterocycles. The quantitative estimate of drug-likeness (QED) is 0.215. The zero-order chi connectivity index (χ0) is 24.8. The summed E-state index contributed by atoms with van der Waals surface area (Å²) in [5.41, 5.74) is 0.532. The molecule has 0 radical (unpaired) electrons. The second kappa shape index (κ2) is 9.58. The molecule has 4 aliphatic carbocycles. The molecular weight excluding hydrogens is 426 g/mol. The summed E-state index contributed by atoms with van der Waals surface area (Å²) >= 11 is 0. The fourth-order valence-corrected chi connectivity index (χ4v) is 9.41. The van der Waals surface area contributed by atoms with Crippen molar-refractivity contribution < 1.29 is 14.5 Å². The maximum Gasteiger partial charge on any atom is 0.307 e. The fraction of sp³-hybridized carbons (Fsp3) is 0.897. The predicted molar refractivity (Wildman–Crippen MR) is 134 cm³/mol. The third kappa shape index (κ3) is 4.46. The van der Waals surface area contributed by atoms with Gasteiger partial charge in [-0.05, 0) is 90.8 Å². The summed E-state index contributed by atoms with van der Waals surface area (Å²) in [6.45, 7) is 13.4. The highest BCUT2D eigenvalue weighted by Gasteiger charge is 2.61. The summed E-state index contributed by atoms with van der Waals surface area (Å²) in [4.78, 5) is 23.3. The molecule has 3 saturated carbocycles. The van der Waals surface area contributed by atoms with Crippen LogP contribution in [0.25, 0.3) is 0 Å². The minimum Gasteiger partial charge on any atom is -0.424 e. The van der Waals surface area contributed by atoms with Crippen molar-refractivity contribution in [2.45, 2.75) is 112 Å². The first-order chi connectivity index (χ1) is 16.0. The Hall–Kier alpha value is -1.39. The van der Waals surface area contributed by atoms with Crippen LogP contribution in [0.4, 0.5) is 0 Å². The van der Waals surface area contributed by atoms with Gasteiger partial charge in [-0.15, -0.1) is 0 Å². The molecule has 4 aliphatic rings. The maximum absolute atomic E-state index is 12.0. The number of carbonyl (C=O) groups excluding carboxylic acids is 1. The molecule has 3 fully saturated rings. The van der Waals surface area contributed by atoms with Gasteiger partial charge in [0.1, 0.15) is 0 Å². The van der Waals surface area contributed by atoms with E-state index >= 15 is 0 Å². The van der Waals surface area contributed by atoms with E-state index in [0.717, 1.165) is 30.1 Å². The topological polar surface area (TPSA) is 69.4 Å². The van der Waals surface area contributed by atoms with Gasteiger partial charge in [-0.25, -0.2) is 0 Å². The van der Waals surface area contributed by atoms with Crippen LogP contribution in [0.3, 0.4) is 0 Å². The highest BCUT2D eigenvalue weighted by molar-refractivity contribution is 5.67. The van der Waals surface area contributed by atoms with Gasteiger partial charge in [-0.2, -0.15) is 0 Å². The van der Waals surface area contributed by atoms with Gasteiger partial charge in [-0.1, -0.05) is 53.9 Å². The van der Waals surface area contributed by atoms with E-state index in [1.165, 1.54) is 58.3 Å². The number of allylic oxidation sites excluding steroid dienone is 2. The van der Waals surface area contributed by atoms with E-state index in [1.54, 1.807) is 0 Å². The van der Waals surface area contributed by atoms with Crippen LogP contribution in [0.5, 0.6) is 0 Å². The molecule has 4 rings (SSSR count). The summed E-state index contributed by atoms with van der Waals surface area (Å²) in [6, 6.07) is 0. The van der Waals surface area contributed by atoms with E-state index in [1.807, 2.05) is 0 Å². The maximum atomic E-state index is 12.0. The lowest BCUT2D eigenvalue weighted by Gasteiger charge is -2.60. The van der Waals surface area contributed by atoms with Gasteiger partial charge >= 0.3 is 5.97 Å². The molecule has 0 saturated heterocycles. The molecule has 0 heterocycles. The zero-order valence-electron chi connectivity index (χ0n) is 22.4. The van der Waals surface area contributed by atoms with E-state index in [2.05, 4.69) is 34.6 Å². The van der Waals surface area contributed by atoms with Crippen LogP contribution in [-0.2, 0) is 9.53 Å². The van der Waals surface area contributed by atoms with Crippen molar-refractivity contribution in [2.75, 3.05) is 0 Å². The van der Waals surface area contributed by atoms with E-state index in [9.17, 15) is 14.9 Å². The van der Waals surface area contributed by atoms with Crippen LogP contribution >= 0.6 is 0 Å². The highest BCUT2D eigenvalue weighted by Crippen LogP contribution is 2.68. The van der Waals surface area contributed by atoms with Crippen molar-refractivity contribution >= 4 is 5.97 Å². The Labute approximate surface area is 206 Å². The number of rotatable bonds is 7. The number of nitro groups is 1. The molecule has 0 amide bonds. The lowest BCUT2D eigenvalue weighted by molar-refractivity contribution is -0.436. The van der Waals surface area contributed by atoms with Crippen LogP contribution in [0.2, 0.25) is 0 Å². The highest BCUT2D eigenvalue weighted by atomic mass is 16.6. The number of fused-ring (bicyclic) bond motifs is 5. The first-order valence-electron chi connectivity index (χ1n) is 14.0. The molecule has 0 bridgehead atoms. The summed E-state index contributed by atoms with van der Waals surface area (Å²) in [5.74, 6) is 4.68. The smallest absolute Gasteiger partial charge is 0.307 e. The minimum absolute atomic E-state index is 0.0583. The number of esters is 1. The van der Waals surface area contributed by atoms with E-state index < -0.39 is 5.97 Å². The predicted octanol–water partition coefficient (Wildman–Crippen LogP) is 7.77. The lowest BCUT2D eigenvalue weighted by Crippen LogP contribution is -2.53. The van der Waals surface area contributed by atoms with Crippen molar-refractivity contribution in [3.8, 4) is 0 Å². The Bertz CT molecular complexity index is 834. The van der Waals surface area contributed by atoms with Gasteiger partial charge in [0.15, 0.2) is 5.76 Å². The van der Waals surface area contributed by atoms with Gasteiger partial charge in [-0.3, -0.25) is 14.9 Å². The molecule has 0 unspecified atom stereocenters. The van der Waals surface area contributed by atoms with Gasteiger partial charge in [0.2, 0.25) is 0 Å². The molecule has 0 aliphatic heterocycles. The largest absolute Gasteiger partial charge is 0.424 e. The molecule has 0 aromatic carbocycles. The Morgan fingerprint density at radius 2 is 1.76 bits per heavy atom. The Kier molecular flexibility index (Phi) is 7.24. The third-order valence-corrected chi connectivity index (χ3v) is 11.1. The summed E-state index contributed by atoms with van der Waals surface area (Å²) < 4.78 is 5.37. The summed E-state index contributed by atoms with van der Waals surface area (Å²) in [5, 5.41) is 12.0. The Morgan fingerprint density at radius 1 is 1.06 bits per heavy atom. The van der Waals surface area contributed by atoms with E-state index in [-0.39, 0.29) is 16.0 Å². The number of nitrogens with zero attached hydrogens (tertiary/aromatic N) is 1. The monoisotopic (exact) mass is 473 g/mol. The number of hydrogen-bond donors (Lipinski definition) is 0. The molecule has 34 heavy (non-hydrogen) atoms. The van der Waals surface area contributed by atoms with Gasteiger partial charge in [0.05, 0.1) is 4.92 Å². The molecule has 8 atom stereocenters. The second-order valence-corrected chi connectivity index (χ2v) is 13.3. The number of ether oxygens (including phenoxy) is 1. The number of hydrogen-bond acceptors (Lipinski definition) is 4. The van der Waals surface area contributed by atoms with Crippen LogP contribution in [0.15, 0.2) is 11.5 Å². The van der Waals surface area contributed by atoms with E-state index in [4.69, 9.17) is 4.74 Å².